The molecular weight excluding hydrogens is 242 g/mol. The quantitative estimate of drug-likeness (QED) is 0.783. The first-order valence-corrected chi connectivity index (χ1v) is 6.09. The van der Waals surface area contributed by atoms with Gasteiger partial charge < -0.3 is 15.5 Å². The van der Waals surface area contributed by atoms with Gasteiger partial charge in [0.25, 0.3) is 0 Å². The van der Waals surface area contributed by atoms with Gasteiger partial charge in [0.15, 0.2) is 0 Å². The van der Waals surface area contributed by atoms with Crippen LogP contribution in [0.3, 0.4) is 0 Å². The topological polar surface area (TPSA) is 78.3 Å². The molecule has 5 nitrogen and oxygen atoms in total. The lowest BCUT2D eigenvalue weighted by Crippen LogP contribution is -2.19. The molecular formula is C14H17N3O2. The third kappa shape index (κ3) is 3.42. The largest absolute Gasteiger partial charge is 0.508 e. The highest BCUT2D eigenvalue weighted by Gasteiger charge is 2.10. The number of aryl methyl sites for hydroxylation is 1. The van der Waals surface area contributed by atoms with E-state index < -0.39 is 0 Å². The van der Waals surface area contributed by atoms with Gasteiger partial charge in [-0.2, -0.15) is 0 Å². The van der Waals surface area contributed by atoms with Gasteiger partial charge in [0.05, 0.1) is 11.4 Å². The third-order valence-corrected chi connectivity index (χ3v) is 2.90. The Bertz CT molecular complexity index is 555. The van der Waals surface area contributed by atoms with Crippen LogP contribution in [0.5, 0.6) is 11.5 Å². The van der Waals surface area contributed by atoms with Crippen LogP contribution >= 0.6 is 0 Å². The van der Waals surface area contributed by atoms with Crippen molar-refractivity contribution in [3.05, 3.63) is 47.5 Å². The number of hydrogen-bond acceptors (Lipinski definition) is 5. The minimum absolute atomic E-state index is 0.0521. The summed E-state index contributed by atoms with van der Waals surface area (Å²) in [6.07, 6.45) is 3.45. The Hall–Kier alpha value is -2.14. The molecule has 5 heteroatoms. The highest BCUT2D eigenvalue weighted by atomic mass is 16.3. The molecule has 0 bridgehead atoms. The normalized spacial score (nSPS) is 12.3. The molecule has 0 aliphatic rings. The monoisotopic (exact) mass is 259 g/mol. The van der Waals surface area contributed by atoms with Crippen molar-refractivity contribution in [2.75, 3.05) is 0 Å². The molecule has 19 heavy (non-hydrogen) atoms. The highest BCUT2D eigenvalue weighted by molar-refractivity contribution is 5.40. The maximum Gasteiger partial charge on any atom is 0.124 e. The van der Waals surface area contributed by atoms with Crippen LogP contribution in [-0.2, 0) is 6.54 Å². The van der Waals surface area contributed by atoms with Crippen molar-refractivity contribution >= 4 is 0 Å². The molecule has 0 spiro atoms. The van der Waals surface area contributed by atoms with Gasteiger partial charge in [0, 0.05) is 36.6 Å². The summed E-state index contributed by atoms with van der Waals surface area (Å²) in [5.41, 5.74) is 2.46. The number of nitrogens with zero attached hydrogens (tertiary/aromatic N) is 2. The van der Waals surface area contributed by atoms with Gasteiger partial charge in [-0.3, -0.25) is 9.97 Å². The standard InChI is InChI=1S/C14H17N3O2/c1-9-6-17-11(7-15-9)8-16-10(2)13-4-3-12(18)5-14(13)19/h3-7,10,16,18-19H,8H2,1-2H3. The SMILES string of the molecule is Cc1cnc(CNC(C)c2ccc(O)cc2O)cn1. The van der Waals surface area contributed by atoms with Crippen molar-refractivity contribution in [1.82, 2.24) is 15.3 Å². The lowest BCUT2D eigenvalue weighted by molar-refractivity contribution is 0.435. The first kappa shape index (κ1) is 13.3. The average molecular weight is 259 g/mol. The summed E-state index contributed by atoms with van der Waals surface area (Å²) < 4.78 is 0. The smallest absolute Gasteiger partial charge is 0.124 e. The molecule has 0 saturated heterocycles. The molecule has 1 aromatic heterocycles. The van der Waals surface area contributed by atoms with Crippen LogP contribution in [0.15, 0.2) is 30.6 Å². The molecule has 1 atom stereocenters. The second-order valence-corrected chi connectivity index (χ2v) is 4.49. The van der Waals surface area contributed by atoms with Gasteiger partial charge in [0.2, 0.25) is 0 Å². The van der Waals surface area contributed by atoms with Gasteiger partial charge in [0.1, 0.15) is 11.5 Å². The van der Waals surface area contributed by atoms with Crippen LogP contribution in [-0.4, -0.2) is 20.2 Å². The number of aromatic hydroxyl groups is 2. The number of benzene rings is 1. The van der Waals surface area contributed by atoms with E-state index in [1.807, 2.05) is 13.8 Å². The highest BCUT2D eigenvalue weighted by Crippen LogP contribution is 2.27. The van der Waals surface area contributed by atoms with E-state index in [9.17, 15) is 10.2 Å². The van der Waals surface area contributed by atoms with Crippen molar-refractivity contribution < 1.29 is 10.2 Å². The Morgan fingerprint density at radius 3 is 2.63 bits per heavy atom. The summed E-state index contributed by atoms with van der Waals surface area (Å²) in [6, 6.07) is 4.53. The second kappa shape index (κ2) is 5.67. The van der Waals surface area contributed by atoms with Crippen LogP contribution in [0.4, 0.5) is 0 Å². The molecule has 0 amide bonds. The molecule has 100 valence electrons. The van der Waals surface area contributed by atoms with E-state index in [2.05, 4.69) is 15.3 Å². The maximum absolute atomic E-state index is 9.77. The molecule has 1 aromatic carbocycles. The Balaban J connectivity index is 2.01. The maximum atomic E-state index is 9.77. The van der Waals surface area contributed by atoms with Crippen molar-refractivity contribution in [2.45, 2.75) is 26.4 Å². The summed E-state index contributed by atoms with van der Waals surface area (Å²) in [6.45, 7) is 4.39. The molecule has 2 rings (SSSR count). The molecule has 1 unspecified atom stereocenters. The average Bonchev–Trinajstić information content (AvgIpc) is 2.37. The van der Waals surface area contributed by atoms with Gasteiger partial charge in [-0.15, -0.1) is 0 Å². The second-order valence-electron chi connectivity index (χ2n) is 4.49. The van der Waals surface area contributed by atoms with E-state index >= 15 is 0 Å². The fraction of sp³-hybridized carbons (Fsp3) is 0.286. The van der Waals surface area contributed by atoms with Crippen LogP contribution < -0.4 is 5.32 Å². The van der Waals surface area contributed by atoms with Crippen molar-refractivity contribution in [3.63, 3.8) is 0 Å². The van der Waals surface area contributed by atoms with Crippen molar-refractivity contribution in [2.24, 2.45) is 0 Å². The number of rotatable bonds is 4. The Labute approximate surface area is 112 Å². The summed E-state index contributed by atoms with van der Waals surface area (Å²) in [7, 11) is 0. The van der Waals surface area contributed by atoms with Crippen molar-refractivity contribution in [1.29, 1.82) is 0 Å². The van der Waals surface area contributed by atoms with E-state index in [4.69, 9.17) is 0 Å². The fourth-order valence-corrected chi connectivity index (χ4v) is 1.78. The van der Waals surface area contributed by atoms with Gasteiger partial charge in [-0.05, 0) is 19.9 Å². The van der Waals surface area contributed by atoms with Crippen LogP contribution in [0.1, 0.15) is 29.9 Å². The molecule has 0 saturated carbocycles. The first-order valence-electron chi connectivity index (χ1n) is 6.09. The zero-order valence-corrected chi connectivity index (χ0v) is 11.0. The molecule has 0 fully saturated rings. The van der Waals surface area contributed by atoms with Crippen molar-refractivity contribution in [3.8, 4) is 11.5 Å². The number of phenols is 2. The minimum atomic E-state index is -0.0521. The first-order chi connectivity index (χ1) is 9.06. The van der Waals surface area contributed by atoms with Gasteiger partial charge in [-0.25, -0.2) is 0 Å². The lowest BCUT2D eigenvalue weighted by Gasteiger charge is -2.15. The molecule has 3 N–H and O–H groups in total. The Morgan fingerprint density at radius 1 is 1.21 bits per heavy atom. The van der Waals surface area contributed by atoms with Crippen LogP contribution in [0.25, 0.3) is 0 Å². The fourth-order valence-electron chi connectivity index (χ4n) is 1.78. The van der Waals surface area contributed by atoms with E-state index in [0.717, 1.165) is 17.0 Å². The number of nitrogens with one attached hydrogen (secondary N) is 1. The zero-order chi connectivity index (χ0) is 13.8. The number of aromatic nitrogens is 2. The Kier molecular flexibility index (Phi) is 3.97. The summed E-state index contributed by atoms with van der Waals surface area (Å²) >= 11 is 0. The van der Waals surface area contributed by atoms with E-state index in [1.165, 1.54) is 6.07 Å². The van der Waals surface area contributed by atoms with E-state index in [0.29, 0.717) is 6.54 Å². The predicted octanol–water partition coefficient (Wildman–Crippen LogP) is 2.05. The zero-order valence-electron chi connectivity index (χ0n) is 11.0. The summed E-state index contributed by atoms with van der Waals surface area (Å²) in [5.74, 6) is 0.132. The minimum Gasteiger partial charge on any atom is -0.508 e. The molecule has 2 aromatic rings. The van der Waals surface area contributed by atoms with Gasteiger partial charge >= 0.3 is 0 Å². The number of phenolic OH excluding ortho intramolecular Hbond substituents is 2. The third-order valence-electron chi connectivity index (χ3n) is 2.90. The van der Waals surface area contributed by atoms with Crippen LogP contribution in [0.2, 0.25) is 0 Å². The molecule has 0 aliphatic carbocycles. The lowest BCUT2D eigenvalue weighted by atomic mass is 10.1. The summed E-state index contributed by atoms with van der Waals surface area (Å²) in [4.78, 5) is 8.43. The van der Waals surface area contributed by atoms with Crippen LogP contribution in [0, 0.1) is 6.92 Å². The van der Waals surface area contributed by atoms with E-state index in [1.54, 1.807) is 24.5 Å². The molecule has 0 aliphatic heterocycles. The van der Waals surface area contributed by atoms with E-state index in [-0.39, 0.29) is 17.5 Å². The summed E-state index contributed by atoms with van der Waals surface area (Å²) in [5, 5.41) is 22.3. The predicted molar refractivity (Wildman–Crippen MR) is 71.8 cm³/mol. The van der Waals surface area contributed by atoms with Gasteiger partial charge in [-0.1, -0.05) is 6.07 Å². The molecule has 0 radical (unpaired) electrons. The molecule has 1 heterocycles. The Morgan fingerprint density at radius 2 is 2.00 bits per heavy atom. The number of hydrogen-bond donors (Lipinski definition) is 3.